The minimum Gasteiger partial charge on any atom is -0.481 e. The lowest BCUT2D eigenvalue weighted by Crippen LogP contribution is -2.42. The first kappa shape index (κ1) is 14.1. The first-order valence-electron chi connectivity index (χ1n) is 6.14. The zero-order chi connectivity index (χ0) is 14.0. The Labute approximate surface area is 119 Å². The number of hydrogen-bond donors (Lipinski definition) is 1. The van der Waals surface area contributed by atoms with Gasteiger partial charge in [-0.3, -0.25) is 9.59 Å². The standard InChI is InChI=1S/C13H16BrNO4/c1-15(8-9-3-4-10(14)19-9)11(16)7-13(12(17)18)5-2-6-13/h3-4H,2,5-8H2,1H3,(H,17,18). The highest BCUT2D eigenvalue weighted by molar-refractivity contribution is 9.10. The third kappa shape index (κ3) is 3.00. The lowest BCUT2D eigenvalue weighted by Gasteiger charge is -2.37. The van der Waals surface area contributed by atoms with Crippen LogP contribution in [0.5, 0.6) is 0 Å². The summed E-state index contributed by atoms with van der Waals surface area (Å²) in [4.78, 5) is 24.8. The van der Waals surface area contributed by atoms with Crippen molar-refractivity contribution in [2.75, 3.05) is 7.05 Å². The van der Waals surface area contributed by atoms with Crippen molar-refractivity contribution < 1.29 is 19.1 Å². The zero-order valence-corrected chi connectivity index (χ0v) is 12.3. The van der Waals surface area contributed by atoms with Gasteiger partial charge in [0.2, 0.25) is 5.91 Å². The van der Waals surface area contributed by atoms with Crippen LogP contribution >= 0.6 is 15.9 Å². The van der Waals surface area contributed by atoms with E-state index < -0.39 is 11.4 Å². The Morgan fingerprint density at radius 1 is 1.47 bits per heavy atom. The Morgan fingerprint density at radius 2 is 2.16 bits per heavy atom. The van der Waals surface area contributed by atoms with Gasteiger partial charge in [0.1, 0.15) is 5.76 Å². The van der Waals surface area contributed by atoms with E-state index in [1.807, 2.05) is 0 Å². The van der Waals surface area contributed by atoms with E-state index in [1.165, 1.54) is 4.90 Å². The lowest BCUT2D eigenvalue weighted by atomic mass is 9.66. The summed E-state index contributed by atoms with van der Waals surface area (Å²) in [5, 5.41) is 9.21. The van der Waals surface area contributed by atoms with Gasteiger partial charge < -0.3 is 14.4 Å². The van der Waals surface area contributed by atoms with Crippen LogP contribution in [0.3, 0.4) is 0 Å². The Morgan fingerprint density at radius 3 is 2.58 bits per heavy atom. The van der Waals surface area contributed by atoms with Crippen LogP contribution in [0.25, 0.3) is 0 Å². The number of carbonyl (C=O) groups excluding carboxylic acids is 1. The van der Waals surface area contributed by atoms with Crippen LogP contribution in [0.2, 0.25) is 0 Å². The van der Waals surface area contributed by atoms with Gasteiger partial charge in [0.25, 0.3) is 0 Å². The normalized spacial score (nSPS) is 16.7. The number of nitrogens with zero attached hydrogens (tertiary/aromatic N) is 1. The summed E-state index contributed by atoms with van der Waals surface area (Å²) in [6.45, 7) is 0.347. The van der Waals surface area contributed by atoms with Gasteiger partial charge >= 0.3 is 5.97 Å². The summed E-state index contributed by atoms with van der Waals surface area (Å²) in [5.74, 6) is -0.350. The van der Waals surface area contributed by atoms with Crippen molar-refractivity contribution >= 4 is 27.8 Å². The van der Waals surface area contributed by atoms with Gasteiger partial charge in [0.05, 0.1) is 12.0 Å². The maximum atomic E-state index is 12.1. The van der Waals surface area contributed by atoms with E-state index in [1.54, 1.807) is 19.2 Å². The number of halogens is 1. The fraction of sp³-hybridized carbons (Fsp3) is 0.538. The highest BCUT2D eigenvalue weighted by atomic mass is 79.9. The molecule has 1 aliphatic rings. The highest BCUT2D eigenvalue weighted by Crippen LogP contribution is 2.44. The van der Waals surface area contributed by atoms with Crippen LogP contribution in [0.4, 0.5) is 0 Å². The first-order valence-corrected chi connectivity index (χ1v) is 6.94. The number of carboxylic acid groups (broad SMARTS) is 1. The van der Waals surface area contributed by atoms with Gasteiger partial charge in [0, 0.05) is 13.5 Å². The third-order valence-corrected chi connectivity index (χ3v) is 4.13. The van der Waals surface area contributed by atoms with Crippen molar-refractivity contribution in [2.45, 2.75) is 32.2 Å². The quantitative estimate of drug-likeness (QED) is 0.901. The fourth-order valence-corrected chi connectivity index (χ4v) is 2.59. The molecule has 0 spiro atoms. The number of aliphatic carboxylic acids is 1. The SMILES string of the molecule is CN(Cc1ccc(Br)o1)C(=O)CC1(C(=O)O)CCC1. The van der Waals surface area contributed by atoms with Gasteiger partial charge in [-0.1, -0.05) is 6.42 Å². The van der Waals surface area contributed by atoms with Gasteiger partial charge in [0.15, 0.2) is 4.67 Å². The van der Waals surface area contributed by atoms with Crippen molar-refractivity contribution in [3.05, 3.63) is 22.6 Å². The number of furan rings is 1. The molecule has 0 radical (unpaired) electrons. The maximum Gasteiger partial charge on any atom is 0.310 e. The van der Waals surface area contributed by atoms with E-state index in [0.29, 0.717) is 29.8 Å². The number of rotatable bonds is 5. The molecule has 2 rings (SSSR count). The van der Waals surface area contributed by atoms with Crippen LogP contribution in [-0.4, -0.2) is 28.9 Å². The van der Waals surface area contributed by atoms with Crippen molar-refractivity contribution in [1.29, 1.82) is 0 Å². The number of amides is 1. The fourth-order valence-electron chi connectivity index (χ4n) is 2.25. The molecule has 0 aromatic carbocycles. The second-order valence-electron chi connectivity index (χ2n) is 5.07. The molecule has 19 heavy (non-hydrogen) atoms. The number of carbonyl (C=O) groups is 2. The van der Waals surface area contributed by atoms with Crippen LogP contribution in [0.15, 0.2) is 21.2 Å². The topological polar surface area (TPSA) is 70.8 Å². The molecule has 0 unspecified atom stereocenters. The average Bonchev–Trinajstić information content (AvgIpc) is 2.68. The second-order valence-corrected chi connectivity index (χ2v) is 5.85. The summed E-state index contributed by atoms with van der Waals surface area (Å²) in [7, 11) is 1.66. The van der Waals surface area contributed by atoms with Gasteiger partial charge in [-0.2, -0.15) is 0 Å². The van der Waals surface area contributed by atoms with Gasteiger partial charge in [-0.05, 0) is 40.9 Å². The van der Waals surface area contributed by atoms with Crippen LogP contribution < -0.4 is 0 Å². The molecular formula is C13H16BrNO4. The summed E-state index contributed by atoms with van der Waals surface area (Å²) in [6.07, 6.45) is 2.14. The smallest absolute Gasteiger partial charge is 0.310 e. The van der Waals surface area contributed by atoms with Crippen molar-refractivity contribution in [3.8, 4) is 0 Å². The van der Waals surface area contributed by atoms with E-state index in [9.17, 15) is 14.7 Å². The molecular weight excluding hydrogens is 314 g/mol. The predicted molar refractivity (Wildman–Crippen MR) is 71.4 cm³/mol. The molecule has 1 heterocycles. The lowest BCUT2D eigenvalue weighted by molar-refractivity contribution is -0.159. The maximum absolute atomic E-state index is 12.1. The molecule has 104 valence electrons. The van der Waals surface area contributed by atoms with E-state index in [2.05, 4.69) is 15.9 Å². The van der Waals surface area contributed by atoms with E-state index in [0.717, 1.165) is 6.42 Å². The molecule has 0 aliphatic heterocycles. The Balaban J connectivity index is 1.94. The molecule has 0 bridgehead atoms. The van der Waals surface area contributed by atoms with E-state index >= 15 is 0 Å². The Bertz CT molecular complexity index is 493. The molecule has 1 aliphatic carbocycles. The molecule has 1 aromatic heterocycles. The minimum absolute atomic E-state index is 0.0702. The molecule has 1 saturated carbocycles. The first-order chi connectivity index (χ1) is 8.93. The van der Waals surface area contributed by atoms with Crippen molar-refractivity contribution in [3.63, 3.8) is 0 Å². The highest BCUT2D eigenvalue weighted by Gasteiger charge is 2.46. The van der Waals surface area contributed by atoms with Crippen molar-refractivity contribution in [2.24, 2.45) is 5.41 Å². The summed E-state index contributed by atoms with van der Waals surface area (Å²) < 4.78 is 5.94. The summed E-state index contributed by atoms with van der Waals surface area (Å²) in [6, 6.07) is 3.54. The largest absolute Gasteiger partial charge is 0.481 e. The van der Waals surface area contributed by atoms with Crippen LogP contribution in [0.1, 0.15) is 31.4 Å². The monoisotopic (exact) mass is 329 g/mol. The molecule has 1 fully saturated rings. The van der Waals surface area contributed by atoms with Gasteiger partial charge in [-0.25, -0.2) is 0 Å². The third-order valence-electron chi connectivity index (χ3n) is 3.70. The van der Waals surface area contributed by atoms with Crippen molar-refractivity contribution in [1.82, 2.24) is 4.90 Å². The Kier molecular flexibility index (Phi) is 3.99. The number of hydrogen-bond acceptors (Lipinski definition) is 3. The van der Waals surface area contributed by atoms with Crippen LogP contribution in [-0.2, 0) is 16.1 Å². The predicted octanol–water partition coefficient (Wildman–Crippen LogP) is 2.65. The molecule has 1 N–H and O–H groups in total. The molecule has 0 saturated heterocycles. The minimum atomic E-state index is -0.860. The van der Waals surface area contributed by atoms with E-state index in [-0.39, 0.29) is 12.3 Å². The molecule has 1 aromatic rings. The van der Waals surface area contributed by atoms with E-state index in [4.69, 9.17) is 4.42 Å². The second kappa shape index (κ2) is 5.36. The molecule has 5 nitrogen and oxygen atoms in total. The summed E-state index contributed by atoms with van der Waals surface area (Å²) >= 11 is 3.20. The average molecular weight is 330 g/mol. The Hall–Kier alpha value is -1.30. The molecule has 6 heteroatoms. The van der Waals surface area contributed by atoms with Gasteiger partial charge in [-0.15, -0.1) is 0 Å². The molecule has 1 amide bonds. The number of carboxylic acids is 1. The molecule has 0 atom stereocenters. The zero-order valence-electron chi connectivity index (χ0n) is 10.7. The van der Waals surface area contributed by atoms with Crippen LogP contribution in [0, 0.1) is 5.41 Å². The summed E-state index contributed by atoms with van der Waals surface area (Å²) in [5.41, 5.74) is -0.838.